The molecule has 0 bridgehead atoms. The highest BCUT2D eigenvalue weighted by Crippen LogP contribution is 2.23. The third-order valence-electron chi connectivity index (χ3n) is 3.21. The first-order valence-electron chi connectivity index (χ1n) is 6.88. The Morgan fingerprint density at radius 3 is 2.60 bits per heavy atom. The van der Waals surface area contributed by atoms with Gasteiger partial charge in [0.15, 0.2) is 5.76 Å². The Hall–Kier alpha value is -1.62. The van der Waals surface area contributed by atoms with Gasteiger partial charge in [-0.3, -0.25) is 0 Å². The molecule has 1 atom stereocenters. The van der Waals surface area contributed by atoms with Crippen LogP contribution in [0.15, 0.2) is 40.8 Å². The smallest absolute Gasteiger partial charge is 0.158 e. The highest BCUT2D eigenvalue weighted by Gasteiger charge is 2.07. The lowest BCUT2D eigenvalue weighted by Gasteiger charge is -2.04. The second-order valence-electron chi connectivity index (χ2n) is 4.84. The van der Waals surface area contributed by atoms with Gasteiger partial charge in [-0.25, -0.2) is 0 Å². The molecule has 0 aliphatic carbocycles. The van der Waals surface area contributed by atoms with Crippen LogP contribution in [0.25, 0.3) is 11.3 Å². The normalized spacial score (nSPS) is 12.6. The van der Waals surface area contributed by atoms with Gasteiger partial charge in [-0.2, -0.15) is 0 Å². The van der Waals surface area contributed by atoms with Crippen molar-refractivity contribution < 1.29 is 19.6 Å². The monoisotopic (exact) mass is 276 g/mol. The highest BCUT2D eigenvalue weighted by molar-refractivity contribution is 5.58. The van der Waals surface area contributed by atoms with E-state index in [0.717, 1.165) is 42.3 Å². The van der Waals surface area contributed by atoms with Crippen LogP contribution in [0.1, 0.15) is 24.4 Å². The molecule has 4 heteroatoms. The minimum Gasteiger partial charge on any atom is -0.455 e. The van der Waals surface area contributed by atoms with Crippen molar-refractivity contribution in [2.75, 3.05) is 20.3 Å². The van der Waals surface area contributed by atoms with Crippen molar-refractivity contribution in [1.29, 1.82) is 0 Å². The molecule has 0 fully saturated rings. The van der Waals surface area contributed by atoms with Gasteiger partial charge < -0.3 is 19.6 Å². The van der Waals surface area contributed by atoms with Crippen LogP contribution in [0.5, 0.6) is 0 Å². The first kappa shape index (κ1) is 14.8. The Morgan fingerprint density at radius 1 is 1.20 bits per heavy atom. The minimum absolute atomic E-state index is 0.438. The number of benzene rings is 1. The fourth-order valence-corrected chi connectivity index (χ4v) is 2.01. The fraction of sp³-hybridized carbons (Fsp3) is 0.375. The van der Waals surface area contributed by atoms with Crippen molar-refractivity contribution in [2.24, 2.45) is 0 Å². The zero-order valence-electron chi connectivity index (χ0n) is 12.0. The Kier molecular flexibility index (Phi) is 5.35. The first-order chi connectivity index (χ1) is 9.70. The van der Waals surface area contributed by atoms with E-state index in [4.69, 9.17) is 9.15 Å². The van der Waals surface area contributed by atoms with Crippen LogP contribution in [0.4, 0.5) is 0 Å². The third-order valence-corrected chi connectivity index (χ3v) is 3.21. The van der Waals surface area contributed by atoms with Crippen molar-refractivity contribution in [3.05, 3.63) is 47.7 Å². The second kappa shape index (κ2) is 7.24. The molecule has 1 aromatic carbocycles. The molecule has 0 aliphatic rings. The summed E-state index contributed by atoms with van der Waals surface area (Å²) in [6.07, 6.45) is -0.438. The van der Waals surface area contributed by atoms with Crippen molar-refractivity contribution in [1.82, 2.24) is 0 Å². The highest BCUT2D eigenvalue weighted by atomic mass is 16.5. The van der Waals surface area contributed by atoms with Crippen LogP contribution in [-0.4, -0.2) is 25.4 Å². The van der Waals surface area contributed by atoms with Crippen molar-refractivity contribution in [3.63, 3.8) is 0 Å². The molecule has 1 heterocycles. The number of methoxy groups -OCH3 is 1. The molecule has 4 nitrogen and oxygen atoms in total. The SMILES string of the molecule is COCC[NH2+]Cc1ccc(-c2ccc([C@H](C)O)cc2)o1. The minimum atomic E-state index is -0.438. The summed E-state index contributed by atoms with van der Waals surface area (Å²) in [6.45, 7) is 4.25. The fourth-order valence-electron chi connectivity index (χ4n) is 2.01. The van der Waals surface area contributed by atoms with Crippen LogP contribution >= 0.6 is 0 Å². The maximum Gasteiger partial charge on any atom is 0.158 e. The van der Waals surface area contributed by atoms with E-state index in [1.165, 1.54) is 0 Å². The van der Waals surface area contributed by atoms with Gasteiger partial charge in [-0.15, -0.1) is 0 Å². The molecule has 2 rings (SSSR count). The number of aliphatic hydroxyl groups is 1. The van der Waals surface area contributed by atoms with Gasteiger partial charge >= 0.3 is 0 Å². The molecular formula is C16H22NO3+. The van der Waals surface area contributed by atoms with Crippen LogP contribution in [0.3, 0.4) is 0 Å². The summed E-state index contributed by atoms with van der Waals surface area (Å²) in [5.74, 6) is 1.81. The Balaban J connectivity index is 1.97. The number of quaternary nitrogens is 1. The van der Waals surface area contributed by atoms with Gasteiger partial charge in [0.05, 0.1) is 19.3 Å². The maximum atomic E-state index is 9.49. The van der Waals surface area contributed by atoms with Crippen molar-refractivity contribution >= 4 is 0 Å². The van der Waals surface area contributed by atoms with Gasteiger partial charge in [-0.05, 0) is 24.6 Å². The number of aliphatic hydroxyl groups excluding tert-OH is 1. The Labute approximate surface area is 119 Å². The van der Waals surface area contributed by atoms with Gasteiger partial charge in [0.2, 0.25) is 0 Å². The standard InChI is InChI=1S/C16H21NO3/c1-12(18)13-3-5-14(6-4-13)16-8-7-15(20-16)11-17-9-10-19-2/h3-8,12,17-18H,9-11H2,1-2H3/p+1/t12-/m0/s1. The average Bonchev–Trinajstić information content (AvgIpc) is 2.92. The summed E-state index contributed by atoms with van der Waals surface area (Å²) < 4.78 is 10.8. The molecule has 0 amide bonds. The Morgan fingerprint density at radius 2 is 1.95 bits per heavy atom. The number of rotatable bonds is 7. The van der Waals surface area contributed by atoms with Gasteiger partial charge in [-0.1, -0.05) is 24.3 Å². The maximum absolute atomic E-state index is 9.49. The average molecular weight is 276 g/mol. The number of hydrogen-bond donors (Lipinski definition) is 2. The molecule has 0 saturated heterocycles. The molecule has 0 aliphatic heterocycles. The lowest BCUT2D eigenvalue weighted by molar-refractivity contribution is -0.673. The molecule has 0 spiro atoms. The molecule has 2 aromatic rings. The molecule has 0 radical (unpaired) electrons. The zero-order valence-corrected chi connectivity index (χ0v) is 12.0. The molecule has 20 heavy (non-hydrogen) atoms. The topological polar surface area (TPSA) is 59.2 Å². The summed E-state index contributed by atoms with van der Waals surface area (Å²) >= 11 is 0. The predicted octanol–water partition coefficient (Wildman–Crippen LogP) is 1.71. The first-order valence-corrected chi connectivity index (χ1v) is 6.88. The quantitative estimate of drug-likeness (QED) is 0.757. The predicted molar refractivity (Wildman–Crippen MR) is 77.2 cm³/mol. The van der Waals surface area contributed by atoms with Crippen molar-refractivity contribution in [2.45, 2.75) is 19.6 Å². The number of ether oxygens (including phenoxy) is 1. The molecular weight excluding hydrogens is 254 g/mol. The largest absolute Gasteiger partial charge is 0.455 e. The summed E-state index contributed by atoms with van der Waals surface area (Å²) in [5, 5.41) is 11.6. The molecule has 0 saturated carbocycles. The van der Waals surface area contributed by atoms with Gasteiger partial charge in [0.1, 0.15) is 12.3 Å². The molecule has 3 N–H and O–H groups in total. The van der Waals surface area contributed by atoms with E-state index in [1.54, 1.807) is 14.0 Å². The molecule has 1 aromatic heterocycles. The van der Waals surface area contributed by atoms with Gasteiger partial charge in [0, 0.05) is 12.7 Å². The van der Waals surface area contributed by atoms with Crippen molar-refractivity contribution in [3.8, 4) is 11.3 Å². The van der Waals surface area contributed by atoms with E-state index in [2.05, 4.69) is 5.32 Å². The van der Waals surface area contributed by atoms with E-state index in [9.17, 15) is 5.11 Å². The van der Waals surface area contributed by atoms with Crippen LogP contribution in [0, 0.1) is 0 Å². The Bertz CT molecular complexity index is 517. The lowest BCUT2D eigenvalue weighted by atomic mass is 10.1. The number of furan rings is 1. The van der Waals surface area contributed by atoms with Crippen LogP contribution < -0.4 is 5.32 Å². The van der Waals surface area contributed by atoms with E-state index in [-0.39, 0.29) is 0 Å². The van der Waals surface area contributed by atoms with Gasteiger partial charge in [0.25, 0.3) is 0 Å². The van der Waals surface area contributed by atoms with Crippen LogP contribution in [-0.2, 0) is 11.3 Å². The zero-order chi connectivity index (χ0) is 14.4. The summed E-state index contributed by atoms with van der Waals surface area (Å²) in [6, 6.07) is 11.8. The summed E-state index contributed by atoms with van der Waals surface area (Å²) in [4.78, 5) is 0. The second-order valence-corrected chi connectivity index (χ2v) is 4.84. The van der Waals surface area contributed by atoms with E-state index in [0.29, 0.717) is 0 Å². The van der Waals surface area contributed by atoms with Crippen LogP contribution in [0.2, 0.25) is 0 Å². The molecule has 0 unspecified atom stereocenters. The number of hydrogen-bond acceptors (Lipinski definition) is 3. The number of nitrogens with two attached hydrogens (primary N) is 1. The molecule has 108 valence electrons. The third kappa shape index (κ3) is 3.93. The summed E-state index contributed by atoms with van der Waals surface area (Å²) in [5.41, 5.74) is 1.94. The van der Waals surface area contributed by atoms with E-state index in [1.807, 2.05) is 36.4 Å². The summed E-state index contributed by atoms with van der Waals surface area (Å²) in [7, 11) is 1.70. The van der Waals surface area contributed by atoms with E-state index >= 15 is 0 Å². The van der Waals surface area contributed by atoms with E-state index < -0.39 is 6.10 Å². The lowest BCUT2D eigenvalue weighted by Crippen LogP contribution is -2.83.